The summed E-state index contributed by atoms with van der Waals surface area (Å²) >= 11 is 0. The van der Waals surface area contributed by atoms with Crippen molar-refractivity contribution in [1.29, 1.82) is 0 Å². The number of nitrogens with zero attached hydrogens (tertiary/aromatic N) is 1. The summed E-state index contributed by atoms with van der Waals surface area (Å²) in [4.78, 5) is 32.2. The molecule has 0 bridgehead atoms. The molecule has 0 heterocycles. The molecule has 1 rings (SSSR count). The molecular formula is C11H12N2O5. The van der Waals surface area contributed by atoms with Gasteiger partial charge in [0, 0.05) is 11.8 Å². The highest BCUT2D eigenvalue weighted by molar-refractivity contribution is 6.07. The number of hydrogen-bond acceptors (Lipinski definition) is 5. The Balaban J connectivity index is 3.28. The lowest BCUT2D eigenvalue weighted by Gasteiger charge is -2.11. The van der Waals surface area contributed by atoms with Crippen LogP contribution in [0.1, 0.15) is 22.8 Å². The van der Waals surface area contributed by atoms with Crippen LogP contribution in [0.25, 0.3) is 0 Å². The predicted octanol–water partition coefficient (Wildman–Crippen LogP) is 1.12. The van der Waals surface area contributed by atoms with Gasteiger partial charge in [0.25, 0.3) is 6.54 Å². The second-order valence-corrected chi connectivity index (χ2v) is 3.75. The summed E-state index contributed by atoms with van der Waals surface area (Å²) in [5.74, 6) is -1.65. The number of Topliss-reactive ketones (excluding diaryl/α,β-unsaturated/α-hetero) is 1. The molecule has 0 aliphatic rings. The zero-order chi connectivity index (χ0) is 13.9. The van der Waals surface area contributed by atoms with Gasteiger partial charge in [0.05, 0.1) is 11.3 Å². The van der Waals surface area contributed by atoms with Crippen LogP contribution in [0.4, 0.5) is 5.69 Å². The molecule has 1 amide bonds. The van der Waals surface area contributed by atoms with Crippen LogP contribution in [0, 0.1) is 17.0 Å². The minimum atomic E-state index is -0.941. The van der Waals surface area contributed by atoms with Crippen molar-refractivity contribution in [3.8, 4) is 5.75 Å². The summed E-state index contributed by atoms with van der Waals surface area (Å²) in [7, 11) is 0. The molecule has 96 valence electrons. The molecule has 2 N–H and O–H groups in total. The van der Waals surface area contributed by atoms with E-state index in [0.29, 0.717) is 5.56 Å². The number of aromatic hydroxyl groups is 1. The van der Waals surface area contributed by atoms with E-state index in [1.165, 1.54) is 19.1 Å². The van der Waals surface area contributed by atoms with Crippen molar-refractivity contribution in [3.63, 3.8) is 0 Å². The number of nitrogens with one attached hydrogen (secondary N) is 1. The van der Waals surface area contributed by atoms with Crippen molar-refractivity contribution in [2.45, 2.75) is 13.8 Å². The van der Waals surface area contributed by atoms with Gasteiger partial charge in [-0.05, 0) is 18.6 Å². The van der Waals surface area contributed by atoms with Crippen LogP contribution in [0.2, 0.25) is 0 Å². The number of carbonyl (C=O) groups excluding carboxylic acids is 2. The van der Waals surface area contributed by atoms with Crippen molar-refractivity contribution >= 4 is 17.4 Å². The number of hydrogen-bond donors (Lipinski definition) is 2. The van der Waals surface area contributed by atoms with E-state index in [1.807, 2.05) is 0 Å². The molecule has 0 saturated carbocycles. The highest BCUT2D eigenvalue weighted by Crippen LogP contribution is 2.29. The summed E-state index contributed by atoms with van der Waals surface area (Å²) in [6.07, 6.45) is 0. The molecule has 0 aliphatic heterocycles. The van der Waals surface area contributed by atoms with Gasteiger partial charge in [0.15, 0.2) is 0 Å². The Hall–Kier alpha value is -2.44. The van der Waals surface area contributed by atoms with E-state index in [4.69, 9.17) is 0 Å². The van der Waals surface area contributed by atoms with Gasteiger partial charge in [-0.1, -0.05) is 6.07 Å². The summed E-state index contributed by atoms with van der Waals surface area (Å²) in [5, 5.41) is 22.5. The Morgan fingerprint density at radius 3 is 2.56 bits per heavy atom. The van der Waals surface area contributed by atoms with Gasteiger partial charge in [0.2, 0.25) is 11.7 Å². The van der Waals surface area contributed by atoms with Crippen LogP contribution in [-0.2, 0) is 4.79 Å². The van der Waals surface area contributed by atoms with Crippen molar-refractivity contribution in [1.82, 2.24) is 0 Å². The third kappa shape index (κ3) is 3.03. The van der Waals surface area contributed by atoms with Gasteiger partial charge < -0.3 is 10.4 Å². The highest BCUT2D eigenvalue weighted by atomic mass is 16.6. The van der Waals surface area contributed by atoms with E-state index in [2.05, 4.69) is 5.32 Å². The first-order valence-electron chi connectivity index (χ1n) is 5.08. The SMILES string of the molecule is CC(=O)Nc1ccc(C)c(O)c1C(=O)C[N+](=O)[O-]. The van der Waals surface area contributed by atoms with Crippen LogP contribution in [0.15, 0.2) is 12.1 Å². The molecule has 0 aromatic heterocycles. The number of rotatable bonds is 4. The fourth-order valence-electron chi connectivity index (χ4n) is 1.47. The van der Waals surface area contributed by atoms with Crippen LogP contribution in [0.3, 0.4) is 0 Å². The van der Waals surface area contributed by atoms with Crippen molar-refractivity contribution in [2.75, 3.05) is 11.9 Å². The Morgan fingerprint density at radius 1 is 1.44 bits per heavy atom. The third-order valence-electron chi connectivity index (χ3n) is 2.24. The number of anilines is 1. The van der Waals surface area contributed by atoms with Gasteiger partial charge in [-0.3, -0.25) is 19.7 Å². The van der Waals surface area contributed by atoms with Crippen LogP contribution in [-0.4, -0.2) is 28.3 Å². The molecular weight excluding hydrogens is 240 g/mol. The molecule has 1 aromatic carbocycles. The Morgan fingerprint density at radius 2 is 2.06 bits per heavy atom. The van der Waals surface area contributed by atoms with Gasteiger partial charge in [0.1, 0.15) is 5.75 Å². The number of nitro groups is 1. The number of phenols is 1. The Bertz CT molecular complexity index is 524. The molecule has 7 heteroatoms. The average Bonchev–Trinajstić information content (AvgIpc) is 2.21. The summed E-state index contributed by atoms with van der Waals surface area (Å²) in [6.45, 7) is 1.85. The van der Waals surface area contributed by atoms with E-state index >= 15 is 0 Å². The number of carbonyl (C=O) groups is 2. The lowest BCUT2D eigenvalue weighted by atomic mass is 10.0. The first-order valence-corrected chi connectivity index (χ1v) is 5.08. The first kappa shape index (κ1) is 13.6. The monoisotopic (exact) mass is 252 g/mol. The third-order valence-corrected chi connectivity index (χ3v) is 2.24. The summed E-state index contributed by atoms with van der Waals surface area (Å²) in [6, 6.07) is 2.92. The molecule has 0 fully saturated rings. The van der Waals surface area contributed by atoms with Crippen molar-refractivity contribution in [3.05, 3.63) is 33.4 Å². The van der Waals surface area contributed by atoms with E-state index in [0.717, 1.165) is 0 Å². The first-order chi connectivity index (χ1) is 8.32. The van der Waals surface area contributed by atoms with Gasteiger partial charge in [-0.25, -0.2) is 0 Å². The highest BCUT2D eigenvalue weighted by Gasteiger charge is 2.22. The summed E-state index contributed by atoms with van der Waals surface area (Å²) in [5.41, 5.74) is 0.232. The minimum absolute atomic E-state index is 0.0671. The number of amides is 1. The zero-order valence-electron chi connectivity index (χ0n) is 9.89. The number of aryl methyl sites for hydroxylation is 1. The smallest absolute Gasteiger partial charge is 0.266 e. The second kappa shape index (κ2) is 5.26. The van der Waals surface area contributed by atoms with Gasteiger partial charge in [-0.2, -0.15) is 0 Å². The van der Waals surface area contributed by atoms with Crippen molar-refractivity contribution < 1.29 is 19.6 Å². The molecule has 1 aromatic rings. The van der Waals surface area contributed by atoms with Gasteiger partial charge >= 0.3 is 0 Å². The zero-order valence-corrected chi connectivity index (χ0v) is 9.89. The van der Waals surface area contributed by atoms with E-state index in [9.17, 15) is 24.8 Å². The predicted molar refractivity (Wildman–Crippen MR) is 63.3 cm³/mol. The summed E-state index contributed by atoms with van der Waals surface area (Å²) < 4.78 is 0. The minimum Gasteiger partial charge on any atom is -0.507 e. The lowest BCUT2D eigenvalue weighted by Crippen LogP contribution is -2.17. The van der Waals surface area contributed by atoms with Crippen molar-refractivity contribution in [2.24, 2.45) is 0 Å². The topological polar surface area (TPSA) is 110 Å². The molecule has 0 spiro atoms. The number of ketones is 1. The molecule has 0 saturated heterocycles. The van der Waals surface area contributed by atoms with Crippen LogP contribution < -0.4 is 5.32 Å². The average molecular weight is 252 g/mol. The molecule has 18 heavy (non-hydrogen) atoms. The molecule has 0 atom stereocenters. The fraction of sp³-hybridized carbons (Fsp3) is 0.273. The maximum atomic E-state index is 11.7. The van der Waals surface area contributed by atoms with E-state index in [1.54, 1.807) is 6.92 Å². The van der Waals surface area contributed by atoms with Crippen LogP contribution >= 0.6 is 0 Å². The maximum Gasteiger partial charge on any atom is 0.266 e. The standard InChI is InChI=1S/C11H12N2O5/c1-6-3-4-8(12-7(2)14)10(11(6)16)9(15)5-13(17)18/h3-4,16H,5H2,1-2H3,(H,12,14). The molecule has 0 unspecified atom stereocenters. The largest absolute Gasteiger partial charge is 0.507 e. The normalized spacial score (nSPS) is 9.89. The molecule has 7 nitrogen and oxygen atoms in total. The number of phenolic OH excluding ortho intramolecular Hbond substituents is 1. The molecule has 0 radical (unpaired) electrons. The van der Waals surface area contributed by atoms with E-state index < -0.39 is 23.2 Å². The lowest BCUT2D eigenvalue weighted by molar-refractivity contribution is -0.465. The van der Waals surface area contributed by atoms with Crippen LogP contribution in [0.5, 0.6) is 5.75 Å². The number of benzene rings is 1. The van der Waals surface area contributed by atoms with Gasteiger partial charge in [-0.15, -0.1) is 0 Å². The second-order valence-electron chi connectivity index (χ2n) is 3.75. The molecule has 0 aliphatic carbocycles. The van der Waals surface area contributed by atoms with E-state index in [-0.39, 0.29) is 17.0 Å². The Kier molecular flexibility index (Phi) is 3.98. The maximum absolute atomic E-state index is 11.7. The Labute approximate surface area is 103 Å². The fourth-order valence-corrected chi connectivity index (χ4v) is 1.47. The quantitative estimate of drug-likeness (QED) is 0.474.